The second-order valence-corrected chi connectivity index (χ2v) is 6.56. The Kier molecular flexibility index (Phi) is 5.46. The summed E-state index contributed by atoms with van der Waals surface area (Å²) in [5.74, 6) is 0.484. The van der Waals surface area contributed by atoms with Crippen molar-refractivity contribution >= 4 is 22.9 Å². The third kappa shape index (κ3) is 4.67. The van der Waals surface area contributed by atoms with Gasteiger partial charge in [-0.15, -0.1) is 11.3 Å². The lowest BCUT2D eigenvalue weighted by molar-refractivity contribution is -0.118. The van der Waals surface area contributed by atoms with Gasteiger partial charge in [0.1, 0.15) is 10.8 Å². The SMILES string of the molecule is CCc1ccc(NC(=O)COc2ccc(-c3nc(C)cs3)cc2)cc1. The van der Waals surface area contributed by atoms with Crippen LogP contribution in [-0.4, -0.2) is 17.5 Å². The number of ether oxygens (including phenoxy) is 1. The fourth-order valence-corrected chi connectivity index (χ4v) is 3.15. The molecule has 3 rings (SSSR count). The monoisotopic (exact) mass is 352 g/mol. The largest absolute Gasteiger partial charge is 0.484 e. The zero-order chi connectivity index (χ0) is 17.6. The van der Waals surface area contributed by atoms with Crippen LogP contribution in [0.1, 0.15) is 18.2 Å². The van der Waals surface area contributed by atoms with Crippen molar-refractivity contribution in [3.8, 4) is 16.3 Å². The Bertz CT molecular complexity index is 839. The number of hydrogen-bond acceptors (Lipinski definition) is 4. The van der Waals surface area contributed by atoms with E-state index in [4.69, 9.17) is 4.74 Å². The number of hydrogen-bond donors (Lipinski definition) is 1. The molecular weight excluding hydrogens is 332 g/mol. The quantitative estimate of drug-likeness (QED) is 0.700. The van der Waals surface area contributed by atoms with Crippen LogP contribution in [-0.2, 0) is 11.2 Å². The number of anilines is 1. The lowest BCUT2D eigenvalue weighted by Gasteiger charge is -2.08. The van der Waals surface area contributed by atoms with E-state index >= 15 is 0 Å². The average Bonchev–Trinajstić information content (AvgIpc) is 3.07. The van der Waals surface area contributed by atoms with E-state index in [-0.39, 0.29) is 12.5 Å². The Labute approximate surface area is 151 Å². The van der Waals surface area contributed by atoms with Crippen LogP contribution < -0.4 is 10.1 Å². The second kappa shape index (κ2) is 7.94. The molecule has 0 aliphatic heterocycles. The van der Waals surface area contributed by atoms with E-state index < -0.39 is 0 Å². The standard InChI is InChI=1S/C20H20N2O2S/c1-3-15-4-8-17(9-5-15)22-19(23)12-24-18-10-6-16(7-11-18)20-21-14(2)13-25-20/h4-11,13H,3,12H2,1-2H3,(H,22,23). The van der Waals surface area contributed by atoms with E-state index in [9.17, 15) is 4.79 Å². The van der Waals surface area contributed by atoms with Crippen molar-refractivity contribution in [3.05, 3.63) is 65.2 Å². The zero-order valence-corrected chi connectivity index (χ0v) is 15.1. The van der Waals surface area contributed by atoms with Gasteiger partial charge in [-0.05, 0) is 55.3 Å². The molecule has 5 heteroatoms. The molecule has 1 heterocycles. The first-order valence-corrected chi connectivity index (χ1v) is 9.06. The molecule has 4 nitrogen and oxygen atoms in total. The van der Waals surface area contributed by atoms with Gasteiger partial charge in [0, 0.05) is 22.3 Å². The third-order valence-electron chi connectivity index (χ3n) is 3.74. The summed E-state index contributed by atoms with van der Waals surface area (Å²) in [6.45, 7) is 4.06. The van der Waals surface area contributed by atoms with Crippen molar-refractivity contribution in [2.24, 2.45) is 0 Å². The first kappa shape index (κ1) is 17.2. The lowest BCUT2D eigenvalue weighted by Crippen LogP contribution is -2.20. The first-order chi connectivity index (χ1) is 12.1. The van der Waals surface area contributed by atoms with Crippen LogP contribution in [0.4, 0.5) is 5.69 Å². The van der Waals surface area contributed by atoms with Crippen LogP contribution in [0.25, 0.3) is 10.6 Å². The molecule has 0 bridgehead atoms. The van der Waals surface area contributed by atoms with Crippen LogP contribution in [0.5, 0.6) is 5.75 Å². The second-order valence-electron chi connectivity index (χ2n) is 5.71. The summed E-state index contributed by atoms with van der Waals surface area (Å²) in [5.41, 5.74) is 4.08. The number of carbonyl (C=O) groups excluding carboxylic acids is 1. The molecule has 2 aromatic carbocycles. The number of thiazole rings is 1. The van der Waals surface area contributed by atoms with Crippen LogP contribution in [0.3, 0.4) is 0 Å². The van der Waals surface area contributed by atoms with Crippen LogP contribution in [0, 0.1) is 6.92 Å². The highest BCUT2D eigenvalue weighted by Gasteiger charge is 2.06. The number of amides is 1. The molecule has 0 aliphatic rings. The fraction of sp³-hybridized carbons (Fsp3) is 0.200. The Hall–Kier alpha value is -2.66. The molecule has 0 saturated heterocycles. The van der Waals surface area contributed by atoms with Gasteiger partial charge in [0.2, 0.25) is 0 Å². The van der Waals surface area contributed by atoms with E-state index in [1.54, 1.807) is 11.3 Å². The average molecular weight is 352 g/mol. The highest BCUT2D eigenvalue weighted by molar-refractivity contribution is 7.13. The summed E-state index contributed by atoms with van der Waals surface area (Å²) in [6, 6.07) is 15.4. The molecule has 25 heavy (non-hydrogen) atoms. The maximum absolute atomic E-state index is 12.0. The summed E-state index contributed by atoms with van der Waals surface area (Å²) >= 11 is 1.61. The van der Waals surface area contributed by atoms with Gasteiger partial charge >= 0.3 is 0 Å². The molecule has 0 spiro atoms. The van der Waals surface area contributed by atoms with Gasteiger partial charge < -0.3 is 10.1 Å². The van der Waals surface area contributed by atoms with Crippen molar-refractivity contribution in [2.45, 2.75) is 20.3 Å². The normalized spacial score (nSPS) is 10.5. The van der Waals surface area contributed by atoms with Crippen LogP contribution in [0.15, 0.2) is 53.9 Å². The minimum Gasteiger partial charge on any atom is -0.484 e. The number of aryl methyl sites for hydroxylation is 2. The van der Waals surface area contributed by atoms with Gasteiger partial charge in [-0.1, -0.05) is 19.1 Å². The minimum absolute atomic E-state index is 0.0226. The molecular formula is C20H20N2O2S. The topological polar surface area (TPSA) is 51.2 Å². The molecule has 1 N–H and O–H groups in total. The molecule has 128 valence electrons. The summed E-state index contributed by atoms with van der Waals surface area (Å²) in [5, 5.41) is 5.84. The predicted octanol–water partition coefficient (Wildman–Crippen LogP) is 4.70. The number of rotatable bonds is 6. The number of nitrogens with one attached hydrogen (secondary N) is 1. The van der Waals surface area contributed by atoms with E-state index in [1.807, 2.05) is 60.8 Å². The smallest absolute Gasteiger partial charge is 0.262 e. The van der Waals surface area contributed by atoms with Gasteiger partial charge in [0.05, 0.1) is 0 Å². The summed E-state index contributed by atoms with van der Waals surface area (Å²) in [6.07, 6.45) is 0.980. The fourth-order valence-electron chi connectivity index (χ4n) is 2.35. The Morgan fingerprint density at radius 2 is 1.84 bits per heavy atom. The van der Waals surface area contributed by atoms with Crippen molar-refractivity contribution in [1.82, 2.24) is 4.98 Å². The van der Waals surface area contributed by atoms with Gasteiger partial charge in [-0.2, -0.15) is 0 Å². The van der Waals surface area contributed by atoms with Gasteiger partial charge in [0.15, 0.2) is 6.61 Å². The van der Waals surface area contributed by atoms with Gasteiger partial charge in [0.25, 0.3) is 5.91 Å². The number of benzene rings is 2. The predicted molar refractivity (Wildman–Crippen MR) is 102 cm³/mol. The van der Waals surface area contributed by atoms with Gasteiger partial charge in [-0.3, -0.25) is 4.79 Å². The highest BCUT2D eigenvalue weighted by Crippen LogP contribution is 2.25. The number of carbonyl (C=O) groups is 1. The lowest BCUT2D eigenvalue weighted by atomic mass is 10.1. The van der Waals surface area contributed by atoms with Crippen molar-refractivity contribution in [3.63, 3.8) is 0 Å². The molecule has 0 saturated carbocycles. The van der Waals surface area contributed by atoms with Crippen molar-refractivity contribution < 1.29 is 9.53 Å². The van der Waals surface area contributed by atoms with E-state index in [0.717, 1.165) is 28.4 Å². The van der Waals surface area contributed by atoms with E-state index in [1.165, 1.54) is 5.56 Å². The maximum atomic E-state index is 12.0. The molecule has 0 aliphatic carbocycles. The number of aromatic nitrogens is 1. The van der Waals surface area contributed by atoms with E-state index in [2.05, 4.69) is 17.2 Å². The highest BCUT2D eigenvalue weighted by atomic mass is 32.1. The molecule has 0 radical (unpaired) electrons. The first-order valence-electron chi connectivity index (χ1n) is 8.18. The van der Waals surface area contributed by atoms with Crippen molar-refractivity contribution in [1.29, 1.82) is 0 Å². The third-order valence-corrected chi connectivity index (χ3v) is 4.75. The molecule has 0 fully saturated rings. The summed E-state index contributed by atoms with van der Waals surface area (Å²) in [7, 11) is 0. The Morgan fingerprint density at radius 3 is 2.44 bits per heavy atom. The van der Waals surface area contributed by atoms with Crippen molar-refractivity contribution in [2.75, 3.05) is 11.9 Å². The van der Waals surface area contributed by atoms with Crippen LogP contribution >= 0.6 is 11.3 Å². The molecule has 0 atom stereocenters. The zero-order valence-electron chi connectivity index (χ0n) is 14.3. The Morgan fingerprint density at radius 1 is 1.12 bits per heavy atom. The van der Waals surface area contributed by atoms with Gasteiger partial charge in [-0.25, -0.2) is 4.98 Å². The summed E-state index contributed by atoms with van der Waals surface area (Å²) < 4.78 is 5.55. The molecule has 0 unspecified atom stereocenters. The van der Waals surface area contributed by atoms with Crippen LogP contribution in [0.2, 0.25) is 0 Å². The number of nitrogens with zero attached hydrogens (tertiary/aromatic N) is 1. The Balaban J connectivity index is 1.53. The molecule has 1 amide bonds. The van der Waals surface area contributed by atoms with E-state index in [0.29, 0.717) is 5.75 Å². The minimum atomic E-state index is -0.177. The summed E-state index contributed by atoms with van der Waals surface area (Å²) in [4.78, 5) is 16.4. The maximum Gasteiger partial charge on any atom is 0.262 e. The molecule has 1 aromatic heterocycles. The molecule has 3 aromatic rings.